The SMILES string of the molecule is CC(CN(C)c1ccc(C#N)c(Br)c1F)C(=O)O. The number of carboxylic acids is 1. The van der Waals surface area contributed by atoms with E-state index >= 15 is 0 Å². The van der Waals surface area contributed by atoms with Crippen LogP contribution in [-0.4, -0.2) is 24.7 Å². The lowest BCUT2D eigenvalue weighted by molar-refractivity contribution is -0.140. The Labute approximate surface area is 113 Å². The Kier molecular flexibility index (Phi) is 4.68. The number of carbonyl (C=O) groups is 1. The molecule has 1 unspecified atom stereocenters. The van der Waals surface area contributed by atoms with Gasteiger partial charge in [0.15, 0.2) is 5.82 Å². The van der Waals surface area contributed by atoms with E-state index in [1.165, 1.54) is 17.0 Å². The van der Waals surface area contributed by atoms with Gasteiger partial charge in [-0.15, -0.1) is 0 Å². The number of nitriles is 1. The van der Waals surface area contributed by atoms with Gasteiger partial charge >= 0.3 is 5.97 Å². The van der Waals surface area contributed by atoms with Gasteiger partial charge in [-0.25, -0.2) is 4.39 Å². The minimum absolute atomic E-state index is 0.0947. The standard InChI is InChI=1S/C12H12BrFN2O2/c1-7(12(17)18)6-16(2)9-4-3-8(5-15)10(13)11(9)14/h3-4,7H,6H2,1-2H3,(H,17,18). The second-order valence-electron chi connectivity index (χ2n) is 3.99. The molecule has 0 aromatic heterocycles. The Morgan fingerprint density at radius 1 is 1.67 bits per heavy atom. The van der Waals surface area contributed by atoms with Crippen LogP contribution in [0.25, 0.3) is 0 Å². The van der Waals surface area contributed by atoms with Crippen molar-refractivity contribution in [2.45, 2.75) is 6.92 Å². The minimum atomic E-state index is -0.935. The van der Waals surface area contributed by atoms with Gasteiger partial charge in [0.2, 0.25) is 0 Å². The van der Waals surface area contributed by atoms with Gasteiger partial charge in [0.25, 0.3) is 0 Å². The first-order valence-corrected chi connectivity index (χ1v) is 5.99. The molecule has 1 N–H and O–H groups in total. The van der Waals surface area contributed by atoms with E-state index in [0.29, 0.717) is 0 Å². The van der Waals surface area contributed by atoms with Crippen LogP contribution in [0.4, 0.5) is 10.1 Å². The van der Waals surface area contributed by atoms with Gasteiger partial charge in [0.05, 0.1) is 21.6 Å². The van der Waals surface area contributed by atoms with E-state index in [-0.39, 0.29) is 22.3 Å². The number of carboxylic acid groups (broad SMARTS) is 1. The lowest BCUT2D eigenvalue weighted by atomic mass is 10.1. The lowest BCUT2D eigenvalue weighted by Crippen LogP contribution is -2.29. The maximum absolute atomic E-state index is 14.0. The summed E-state index contributed by atoms with van der Waals surface area (Å²) in [5.41, 5.74) is 0.463. The van der Waals surface area contributed by atoms with Crippen molar-refractivity contribution in [3.63, 3.8) is 0 Å². The number of hydrogen-bond acceptors (Lipinski definition) is 3. The smallest absolute Gasteiger partial charge is 0.308 e. The van der Waals surface area contributed by atoms with E-state index in [9.17, 15) is 9.18 Å². The summed E-state index contributed by atoms with van der Waals surface area (Å²) in [6, 6.07) is 4.82. The second-order valence-corrected chi connectivity index (χ2v) is 4.78. The highest BCUT2D eigenvalue weighted by Crippen LogP contribution is 2.28. The average Bonchev–Trinajstić information content (AvgIpc) is 2.32. The molecular weight excluding hydrogens is 303 g/mol. The lowest BCUT2D eigenvalue weighted by Gasteiger charge is -2.22. The molecule has 0 saturated carbocycles. The Morgan fingerprint density at radius 3 is 2.78 bits per heavy atom. The normalized spacial score (nSPS) is 11.7. The minimum Gasteiger partial charge on any atom is -0.481 e. The van der Waals surface area contributed by atoms with Crippen LogP contribution in [0.1, 0.15) is 12.5 Å². The zero-order chi connectivity index (χ0) is 13.9. The predicted octanol–water partition coefficient (Wildman–Crippen LogP) is 2.62. The molecular formula is C12H12BrFN2O2. The van der Waals surface area contributed by atoms with Crippen LogP contribution in [0.3, 0.4) is 0 Å². The average molecular weight is 315 g/mol. The topological polar surface area (TPSA) is 64.3 Å². The van der Waals surface area contributed by atoms with Crippen molar-refractivity contribution in [3.05, 3.63) is 28.0 Å². The van der Waals surface area contributed by atoms with Gasteiger partial charge in [-0.2, -0.15) is 5.26 Å². The molecule has 0 fully saturated rings. The molecule has 4 nitrogen and oxygen atoms in total. The molecule has 18 heavy (non-hydrogen) atoms. The van der Waals surface area contributed by atoms with Gasteiger partial charge in [-0.05, 0) is 28.1 Å². The maximum Gasteiger partial charge on any atom is 0.308 e. The van der Waals surface area contributed by atoms with Crippen molar-refractivity contribution in [1.82, 2.24) is 0 Å². The van der Waals surface area contributed by atoms with Crippen LogP contribution in [0.5, 0.6) is 0 Å². The number of benzene rings is 1. The number of nitrogens with zero attached hydrogens (tertiary/aromatic N) is 2. The van der Waals surface area contributed by atoms with Crippen LogP contribution < -0.4 is 4.90 Å². The monoisotopic (exact) mass is 314 g/mol. The number of rotatable bonds is 4. The molecule has 96 valence electrons. The first kappa shape index (κ1) is 14.5. The van der Waals surface area contributed by atoms with E-state index in [2.05, 4.69) is 15.9 Å². The largest absolute Gasteiger partial charge is 0.481 e. The summed E-state index contributed by atoms with van der Waals surface area (Å²) in [5, 5.41) is 17.6. The summed E-state index contributed by atoms with van der Waals surface area (Å²) < 4.78 is 14.1. The molecule has 0 amide bonds. The number of anilines is 1. The molecule has 0 bridgehead atoms. The van der Waals surface area contributed by atoms with Crippen molar-refractivity contribution in [2.75, 3.05) is 18.5 Å². The first-order valence-electron chi connectivity index (χ1n) is 5.20. The molecule has 0 aliphatic carbocycles. The van der Waals surface area contributed by atoms with E-state index in [0.717, 1.165) is 0 Å². The summed E-state index contributed by atoms with van der Waals surface area (Å²) in [6.45, 7) is 1.74. The Morgan fingerprint density at radius 2 is 2.28 bits per heavy atom. The number of halogens is 2. The molecule has 0 radical (unpaired) electrons. The van der Waals surface area contributed by atoms with Crippen molar-refractivity contribution >= 4 is 27.6 Å². The van der Waals surface area contributed by atoms with Gasteiger partial charge in [-0.1, -0.05) is 6.92 Å². The molecule has 0 heterocycles. The van der Waals surface area contributed by atoms with Gasteiger partial charge in [-0.3, -0.25) is 4.79 Å². The van der Waals surface area contributed by atoms with E-state index in [1.54, 1.807) is 14.0 Å². The van der Waals surface area contributed by atoms with Crippen molar-refractivity contribution in [2.24, 2.45) is 5.92 Å². The van der Waals surface area contributed by atoms with Crippen LogP contribution in [-0.2, 0) is 4.79 Å². The second kappa shape index (κ2) is 5.83. The van der Waals surface area contributed by atoms with E-state index in [1.807, 2.05) is 6.07 Å². The highest BCUT2D eigenvalue weighted by molar-refractivity contribution is 9.10. The van der Waals surface area contributed by atoms with Gasteiger partial charge < -0.3 is 10.0 Å². The molecule has 0 spiro atoms. The highest BCUT2D eigenvalue weighted by Gasteiger charge is 2.18. The molecule has 0 aliphatic rings. The molecule has 0 aliphatic heterocycles. The third-order valence-corrected chi connectivity index (χ3v) is 3.34. The first-order chi connectivity index (χ1) is 8.38. The third kappa shape index (κ3) is 2.99. The van der Waals surface area contributed by atoms with E-state index < -0.39 is 17.7 Å². The summed E-state index contributed by atoms with van der Waals surface area (Å²) >= 11 is 3.01. The molecule has 6 heteroatoms. The summed E-state index contributed by atoms with van der Waals surface area (Å²) in [6.07, 6.45) is 0. The maximum atomic E-state index is 14.0. The molecule has 1 rings (SSSR count). The summed E-state index contributed by atoms with van der Waals surface area (Å²) in [4.78, 5) is 12.3. The Hall–Kier alpha value is -1.61. The van der Waals surface area contributed by atoms with E-state index in [4.69, 9.17) is 10.4 Å². The fourth-order valence-corrected chi connectivity index (χ4v) is 1.93. The zero-order valence-corrected chi connectivity index (χ0v) is 11.5. The molecule has 1 atom stereocenters. The van der Waals surface area contributed by atoms with Crippen LogP contribution >= 0.6 is 15.9 Å². The van der Waals surface area contributed by atoms with Crippen LogP contribution in [0, 0.1) is 23.1 Å². The van der Waals surface area contributed by atoms with Gasteiger partial charge in [0.1, 0.15) is 6.07 Å². The fraction of sp³-hybridized carbons (Fsp3) is 0.333. The fourth-order valence-electron chi connectivity index (χ4n) is 1.51. The predicted molar refractivity (Wildman–Crippen MR) is 68.9 cm³/mol. The van der Waals surface area contributed by atoms with Crippen molar-refractivity contribution in [3.8, 4) is 6.07 Å². The van der Waals surface area contributed by atoms with Crippen LogP contribution in [0.2, 0.25) is 0 Å². The third-order valence-electron chi connectivity index (χ3n) is 2.56. The highest BCUT2D eigenvalue weighted by atomic mass is 79.9. The van der Waals surface area contributed by atoms with Crippen molar-refractivity contribution in [1.29, 1.82) is 5.26 Å². The van der Waals surface area contributed by atoms with Crippen molar-refractivity contribution < 1.29 is 14.3 Å². The summed E-state index contributed by atoms with van der Waals surface area (Å²) in [7, 11) is 1.61. The molecule has 1 aromatic rings. The Bertz CT molecular complexity index is 514. The summed E-state index contributed by atoms with van der Waals surface area (Å²) in [5.74, 6) is -2.10. The number of hydrogen-bond donors (Lipinski definition) is 1. The zero-order valence-electron chi connectivity index (χ0n) is 9.94. The van der Waals surface area contributed by atoms with Gasteiger partial charge in [0, 0.05) is 13.6 Å². The number of aliphatic carboxylic acids is 1. The molecule has 1 aromatic carbocycles. The Balaban J connectivity index is 3.01. The van der Waals surface area contributed by atoms with Crippen LogP contribution in [0.15, 0.2) is 16.6 Å². The molecule has 0 saturated heterocycles. The quantitative estimate of drug-likeness (QED) is 0.927.